The summed E-state index contributed by atoms with van der Waals surface area (Å²) in [4.78, 5) is 24.5. The van der Waals surface area contributed by atoms with E-state index in [2.05, 4.69) is 27.3 Å². The standard InChI is InChI=1S/C18H24BrNO4/c1-18(2,3)24-17(22)20-15(16(21)23-4)13-7-5-6-11-8-9-12(19)10-14(11)13/h8-10,13,15H,5-7H2,1-4H3,(H,20,22)/t13-,15?/m0/s1. The van der Waals surface area contributed by atoms with Gasteiger partial charge in [-0.15, -0.1) is 0 Å². The lowest BCUT2D eigenvalue weighted by molar-refractivity contribution is -0.143. The lowest BCUT2D eigenvalue weighted by atomic mass is 9.78. The maximum Gasteiger partial charge on any atom is 0.408 e. The monoisotopic (exact) mass is 397 g/mol. The number of aryl methyl sites for hydroxylation is 1. The summed E-state index contributed by atoms with van der Waals surface area (Å²) >= 11 is 3.48. The van der Waals surface area contributed by atoms with Crippen molar-refractivity contribution >= 4 is 28.0 Å². The molecule has 2 rings (SSSR count). The minimum atomic E-state index is -0.766. The summed E-state index contributed by atoms with van der Waals surface area (Å²) in [5.74, 6) is -0.593. The predicted octanol–water partition coefficient (Wildman–Crippen LogP) is 3.94. The maximum absolute atomic E-state index is 12.3. The van der Waals surface area contributed by atoms with Crippen LogP contribution in [0, 0.1) is 0 Å². The van der Waals surface area contributed by atoms with Crippen LogP contribution in [0.25, 0.3) is 0 Å². The molecular weight excluding hydrogens is 374 g/mol. The van der Waals surface area contributed by atoms with Crippen LogP contribution in [0.1, 0.15) is 50.7 Å². The number of hydrogen-bond acceptors (Lipinski definition) is 4. The van der Waals surface area contributed by atoms with Gasteiger partial charge >= 0.3 is 12.1 Å². The third kappa shape index (κ3) is 4.72. The number of nitrogens with one attached hydrogen (secondary N) is 1. The average molecular weight is 398 g/mol. The van der Waals surface area contributed by atoms with Crippen molar-refractivity contribution in [1.82, 2.24) is 5.32 Å². The van der Waals surface area contributed by atoms with Crippen molar-refractivity contribution in [3.05, 3.63) is 33.8 Å². The van der Waals surface area contributed by atoms with Crippen molar-refractivity contribution < 1.29 is 19.1 Å². The summed E-state index contributed by atoms with van der Waals surface area (Å²) in [5.41, 5.74) is 1.65. The van der Waals surface area contributed by atoms with Crippen LogP contribution in [-0.2, 0) is 20.7 Å². The molecule has 2 atom stereocenters. The minimum Gasteiger partial charge on any atom is -0.467 e. The molecule has 0 heterocycles. The number of amides is 1. The summed E-state index contributed by atoms with van der Waals surface area (Å²) in [6, 6.07) is 5.31. The molecule has 0 spiro atoms. The number of alkyl carbamates (subject to hydrolysis) is 1. The van der Waals surface area contributed by atoms with Crippen LogP contribution < -0.4 is 5.32 Å². The number of ether oxygens (including phenoxy) is 2. The van der Waals surface area contributed by atoms with E-state index < -0.39 is 23.7 Å². The Morgan fingerprint density at radius 1 is 1.33 bits per heavy atom. The second-order valence-electron chi connectivity index (χ2n) is 6.99. The third-order valence-corrected chi connectivity index (χ3v) is 4.49. The van der Waals surface area contributed by atoms with Gasteiger partial charge in [-0.25, -0.2) is 9.59 Å². The van der Waals surface area contributed by atoms with Crippen molar-refractivity contribution in [2.45, 2.75) is 57.6 Å². The van der Waals surface area contributed by atoms with Crippen molar-refractivity contribution in [3.8, 4) is 0 Å². The number of rotatable bonds is 3. The van der Waals surface area contributed by atoms with E-state index in [9.17, 15) is 9.59 Å². The van der Waals surface area contributed by atoms with Gasteiger partial charge in [-0.3, -0.25) is 0 Å². The second-order valence-corrected chi connectivity index (χ2v) is 7.90. The maximum atomic E-state index is 12.3. The molecule has 1 amide bonds. The molecule has 0 radical (unpaired) electrons. The fourth-order valence-corrected chi connectivity index (χ4v) is 3.42. The molecule has 0 bridgehead atoms. The van der Waals surface area contributed by atoms with E-state index in [0.29, 0.717) is 0 Å². The van der Waals surface area contributed by atoms with E-state index >= 15 is 0 Å². The van der Waals surface area contributed by atoms with Crippen LogP contribution in [0.15, 0.2) is 22.7 Å². The number of fused-ring (bicyclic) bond motifs is 1. The largest absolute Gasteiger partial charge is 0.467 e. The highest BCUT2D eigenvalue weighted by Gasteiger charge is 2.35. The normalized spacial score (nSPS) is 18.3. The lowest BCUT2D eigenvalue weighted by Crippen LogP contribution is -2.48. The number of carbonyl (C=O) groups excluding carboxylic acids is 2. The van der Waals surface area contributed by atoms with E-state index in [1.807, 2.05) is 12.1 Å². The molecule has 0 saturated heterocycles. The quantitative estimate of drug-likeness (QED) is 0.784. The Balaban J connectivity index is 2.28. The number of carbonyl (C=O) groups is 2. The second kappa shape index (κ2) is 7.55. The molecule has 1 aromatic carbocycles. The number of benzene rings is 1. The third-order valence-electron chi connectivity index (χ3n) is 4.00. The molecule has 1 aliphatic rings. The van der Waals surface area contributed by atoms with E-state index in [1.165, 1.54) is 12.7 Å². The highest BCUT2D eigenvalue weighted by atomic mass is 79.9. The molecule has 24 heavy (non-hydrogen) atoms. The fraction of sp³-hybridized carbons (Fsp3) is 0.556. The molecule has 0 aliphatic heterocycles. The first-order valence-electron chi connectivity index (χ1n) is 8.07. The number of esters is 1. The van der Waals surface area contributed by atoms with Crippen LogP contribution in [-0.4, -0.2) is 30.8 Å². The molecule has 0 saturated carbocycles. The van der Waals surface area contributed by atoms with E-state index in [4.69, 9.17) is 9.47 Å². The van der Waals surface area contributed by atoms with Crippen molar-refractivity contribution in [1.29, 1.82) is 0 Å². The summed E-state index contributed by atoms with van der Waals surface area (Å²) in [7, 11) is 1.33. The van der Waals surface area contributed by atoms with Gasteiger partial charge in [0.25, 0.3) is 0 Å². The van der Waals surface area contributed by atoms with Crippen molar-refractivity contribution in [2.75, 3.05) is 7.11 Å². The van der Waals surface area contributed by atoms with Gasteiger partial charge in [0.1, 0.15) is 11.6 Å². The highest BCUT2D eigenvalue weighted by Crippen LogP contribution is 2.36. The lowest BCUT2D eigenvalue weighted by Gasteiger charge is -2.32. The fourth-order valence-electron chi connectivity index (χ4n) is 3.04. The topological polar surface area (TPSA) is 64.6 Å². The Hall–Kier alpha value is -1.56. The zero-order valence-electron chi connectivity index (χ0n) is 14.5. The number of hydrogen-bond donors (Lipinski definition) is 1. The van der Waals surface area contributed by atoms with E-state index in [0.717, 1.165) is 29.3 Å². The van der Waals surface area contributed by atoms with Crippen LogP contribution in [0.5, 0.6) is 0 Å². The number of halogens is 1. The Bertz CT molecular complexity index is 624. The minimum absolute atomic E-state index is 0.133. The molecule has 0 fully saturated rings. The molecule has 5 nitrogen and oxygen atoms in total. The van der Waals surface area contributed by atoms with Gasteiger partial charge in [0.15, 0.2) is 0 Å². The predicted molar refractivity (Wildman–Crippen MR) is 95.0 cm³/mol. The van der Waals surface area contributed by atoms with Gasteiger partial charge in [0.05, 0.1) is 7.11 Å². The smallest absolute Gasteiger partial charge is 0.408 e. The Labute approximate surface area is 151 Å². The highest BCUT2D eigenvalue weighted by molar-refractivity contribution is 9.10. The van der Waals surface area contributed by atoms with Gasteiger partial charge in [-0.2, -0.15) is 0 Å². The molecule has 1 aromatic rings. The zero-order chi connectivity index (χ0) is 17.9. The van der Waals surface area contributed by atoms with Gasteiger partial charge < -0.3 is 14.8 Å². The van der Waals surface area contributed by atoms with Crippen LogP contribution >= 0.6 is 15.9 Å². The van der Waals surface area contributed by atoms with Crippen molar-refractivity contribution in [3.63, 3.8) is 0 Å². The first-order chi connectivity index (χ1) is 11.2. The molecule has 6 heteroatoms. The molecule has 1 N–H and O–H groups in total. The molecule has 1 unspecified atom stereocenters. The van der Waals surface area contributed by atoms with E-state index in [1.54, 1.807) is 20.8 Å². The van der Waals surface area contributed by atoms with E-state index in [-0.39, 0.29) is 5.92 Å². The van der Waals surface area contributed by atoms with Gasteiger partial charge in [0, 0.05) is 10.4 Å². The van der Waals surface area contributed by atoms with Gasteiger partial charge in [-0.05, 0) is 63.3 Å². The van der Waals surface area contributed by atoms with Gasteiger partial charge in [-0.1, -0.05) is 22.0 Å². The summed E-state index contributed by atoms with van der Waals surface area (Å²) in [5, 5.41) is 2.70. The van der Waals surface area contributed by atoms with Gasteiger partial charge in [0.2, 0.25) is 0 Å². The summed E-state index contributed by atoms with van der Waals surface area (Å²) < 4.78 is 11.2. The first-order valence-corrected chi connectivity index (χ1v) is 8.86. The molecule has 1 aliphatic carbocycles. The molecular formula is C18H24BrNO4. The number of methoxy groups -OCH3 is 1. The Kier molecular flexibility index (Phi) is 5.91. The molecule has 0 aromatic heterocycles. The molecule has 132 valence electrons. The van der Waals surface area contributed by atoms with Crippen molar-refractivity contribution in [2.24, 2.45) is 0 Å². The van der Waals surface area contributed by atoms with Crippen LogP contribution in [0.3, 0.4) is 0 Å². The average Bonchev–Trinajstić information content (AvgIpc) is 2.49. The Morgan fingerprint density at radius 3 is 2.67 bits per heavy atom. The SMILES string of the molecule is COC(=O)C(NC(=O)OC(C)(C)C)[C@H]1CCCc2ccc(Br)cc21. The first kappa shape index (κ1) is 18.8. The van der Waals surface area contributed by atoms with Crippen LogP contribution in [0.4, 0.5) is 4.79 Å². The zero-order valence-corrected chi connectivity index (χ0v) is 16.1. The summed E-state index contributed by atoms with van der Waals surface area (Å²) in [6.45, 7) is 5.35. The Morgan fingerprint density at radius 2 is 2.04 bits per heavy atom. The van der Waals surface area contributed by atoms with Crippen LogP contribution in [0.2, 0.25) is 0 Å². The summed E-state index contributed by atoms with van der Waals surface area (Å²) in [6.07, 6.45) is 2.13.